The summed E-state index contributed by atoms with van der Waals surface area (Å²) in [5, 5.41) is 44.6. The van der Waals surface area contributed by atoms with E-state index in [2.05, 4.69) is 48.1 Å². The molecule has 1 fully saturated rings. The summed E-state index contributed by atoms with van der Waals surface area (Å²) in [6, 6.07) is 1.42. The van der Waals surface area contributed by atoms with Gasteiger partial charge in [-0.15, -0.1) is 56.7 Å². The third-order valence-electron chi connectivity index (χ3n) is 16.7. The Morgan fingerprint density at radius 1 is 0.840 bits per heavy atom. The summed E-state index contributed by atoms with van der Waals surface area (Å²) in [6.45, 7) is 8.04. The van der Waals surface area contributed by atoms with Crippen LogP contribution in [-0.4, -0.2) is 188 Å². The predicted molar refractivity (Wildman–Crippen MR) is 360 cm³/mol. The van der Waals surface area contributed by atoms with E-state index >= 15 is 19.2 Å². The summed E-state index contributed by atoms with van der Waals surface area (Å²) in [6.07, 6.45) is -7.39. The van der Waals surface area contributed by atoms with E-state index in [-0.39, 0.29) is 111 Å². The van der Waals surface area contributed by atoms with E-state index < -0.39 is 128 Å². The first-order chi connectivity index (χ1) is 47.7. The molecule has 100 heavy (non-hydrogen) atoms. The Morgan fingerprint density at radius 3 is 2.21 bits per heavy atom. The molecule has 37 heteroatoms. The van der Waals surface area contributed by atoms with E-state index in [1.165, 1.54) is 61.4 Å². The number of carbonyl (C=O) groups excluding carboxylic acids is 8. The second kappa shape index (κ2) is 28.6. The van der Waals surface area contributed by atoms with Gasteiger partial charge in [-0.05, 0) is 59.5 Å². The molecule has 1 unspecified atom stereocenters. The Labute approximate surface area is 587 Å². The zero-order chi connectivity index (χ0) is 71.3. The van der Waals surface area contributed by atoms with Crippen molar-refractivity contribution in [2.45, 2.75) is 108 Å². The fourth-order valence-electron chi connectivity index (χ4n) is 12.1. The number of likely N-dealkylation sites (N-methyl/N-ethyl adjacent to an activating group) is 1. The number of carbonyl (C=O) groups is 8. The molecular formula is C63H64N14O18S5. The van der Waals surface area contributed by atoms with Crippen LogP contribution in [0.3, 0.4) is 0 Å². The molecule has 0 spiro atoms. The van der Waals surface area contributed by atoms with Crippen molar-refractivity contribution in [3.63, 3.8) is 0 Å². The zero-order valence-electron chi connectivity index (χ0n) is 54.6. The number of ether oxygens (including phenoxy) is 7. The number of aliphatic hydroxyl groups is 2. The number of nitrogens with two attached hydrogens (primary N) is 1. The monoisotopic (exact) mass is 1460 g/mol. The molecule has 12 rings (SSSR count). The number of fused-ring (bicyclic) bond motifs is 15. The molecule has 0 saturated carbocycles. The van der Waals surface area contributed by atoms with Gasteiger partial charge in [-0.3, -0.25) is 28.8 Å². The first-order valence-corrected chi connectivity index (χ1v) is 34.8. The molecule has 11 heterocycles. The van der Waals surface area contributed by atoms with Crippen molar-refractivity contribution in [3.8, 4) is 38.4 Å². The molecule has 4 aliphatic heterocycles. The lowest BCUT2D eigenvalue weighted by atomic mass is 9.85. The minimum atomic E-state index is -1.88. The molecule has 0 radical (unpaired) electrons. The summed E-state index contributed by atoms with van der Waals surface area (Å²) in [5.41, 5.74) is 3.72. The molecule has 8 aromatic rings. The van der Waals surface area contributed by atoms with Crippen LogP contribution in [0.2, 0.25) is 0 Å². The standard InChI is InChI=1S/C63H64N14O18S5/c1-24(50(64)79)65-51(80)33-21-99-59(70-33)44-38(89-9)14-29-43(72-44)32-19-97-57(67-32)31-18-93-61(85)46-30-17-91-47(48(95-39-15-63(5,87)49(76(6)7)27(4)94-39)62(86)92-16-28-12-11-13-37(40(28)30)77(46)90-10)45(60-71-34(22-100-60)52(81)66-31)75-54(83)36-23-98-58(69-36)42(26(3)88-8)74-55(84)41(25(2)78)73-53(82)35-20-96-56(29)68-35/h11-14,19-23,25,27,31,39,41,45,47-49,78,87H,1,15-18H2,2-10H3,(H2,64,79)(H,65,80)(H,66,81)(H,73,82)(H,74,84)(H,75,83)/b42-26+/t25-,27+,31+,39+,41+,45+,47+,48+,49?,63+/m1/s1. The van der Waals surface area contributed by atoms with Crippen LogP contribution < -0.4 is 41.9 Å². The van der Waals surface area contributed by atoms with Crippen LogP contribution in [0.15, 0.2) is 69.2 Å². The largest absolute Gasteiger partial charge is 0.499 e. The number of primary amides is 1. The van der Waals surface area contributed by atoms with Crippen LogP contribution in [0.1, 0.15) is 125 Å². The van der Waals surface area contributed by atoms with Gasteiger partial charge in [-0.25, -0.2) is 39.5 Å². The number of nitrogens with one attached hydrogen (secondary N) is 5. The maximum absolute atomic E-state index is 15.3. The van der Waals surface area contributed by atoms with E-state index in [9.17, 15) is 29.4 Å². The fraction of sp³-hybridized carbons (Fsp3) is 0.365. The van der Waals surface area contributed by atoms with Gasteiger partial charge in [0.1, 0.15) is 127 Å². The van der Waals surface area contributed by atoms with Crippen LogP contribution in [0.5, 0.6) is 5.75 Å². The highest BCUT2D eigenvalue weighted by Crippen LogP contribution is 2.43. The lowest BCUT2D eigenvalue weighted by molar-refractivity contribution is -0.280. The first kappa shape index (κ1) is 70.3. The molecule has 10 atom stereocenters. The topological polar surface area (TPSA) is 423 Å². The maximum Gasteiger partial charge on any atom is 0.358 e. The number of amides is 6. The normalized spacial score (nSPS) is 23.7. The van der Waals surface area contributed by atoms with Crippen molar-refractivity contribution < 1.29 is 86.6 Å². The van der Waals surface area contributed by atoms with Crippen molar-refractivity contribution in [1.29, 1.82) is 0 Å². The van der Waals surface area contributed by atoms with Crippen molar-refractivity contribution in [3.05, 3.63) is 124 Å². The fourth-order valence-corrected chi connectivity index (χ4v) is 16.2. The minimum absolute atomic E-state index is 0.00468. The third kappa shape index (κ3) is 13.8. The van der Waals surface area contributed by atoms with E-state index in [1.807, 2.05) is 0 Å². The molecule has 7 aromatic heterocycles. The number of rotatable bonds is 11. The Kier molecular flexibility index (Phi) is 20.1. The summed E-state index contributed by atoms with van der Waals surface area (Å²) in [7, 11) is 7.56. The zero-order valence-corrected chi connectivity index (χ0v) is 58.6. The number of aliphatic hydroxyl groups excluding tert-OH is 1. The summed E-state index contributed by atoms with van der Waals surface area (Å²) in [5.74, 6) is -7.23. The Bertz CT molecular complexity index is 4640. The SMILES string of the molecule is C=C(NC(=O)c1csc(-c2nc3c(cc2OC)-c2nc(cs2)C(=O)N[C@@H]([C@@H](C)O)C(=O)N/C(=C(\C)OC)c2nc(cs2)C(=O)N[C@@H]2c4nc(cs4)C(=O)N[C@@H](COC(=O)c4c5c6c(cccc6n4OC)COC(=O)[C@@H](O[C@H]4C[C@](C)(O)C(N(C)C)[C@H](C)O4)[C@H]2OC5)c2nc-3cs2)n1)C(N)=O. The van der Waals surface area contributed by atoms with Crippen LogP contribution in [-0.2, 0) is 56.0 Å². The number of aromatic nitrogens is 7. The van der Waals surface area contributed by atoms with Gasteiger partial charge in [0.05, 0.1) is 55.9 Å². The quantitative estimate of drug-likeness (QED) is 0.0515. The lowest BCUT2D eigenvalue weighted by Crippen LogP contribution is -2.62. The smallest absolute Gasteiger partial charge is 0.358 e. The summed E-state index contributed by atoms with van der Waals surface area (Å²) >= 11 is 4.77. The van der Waals surface area contributed by atoms with Gasteiger partial charge in [-0.2, -0.15) is 4.73 Å². The number of pyridine rings is 1. The summed E-state index contributed by atoms with van der Waals surface area (Å²) < 4.78 is 45.2. The second-order valence-corrected chi connectivity index (χ2v) is 28.0. The van der Waals surface area contributed by atoms with Gasteiger partial charge < -0.3 is 85.4 Å². The van der Waals surface area contributed by atoms with Gasteiger partial charge in [0, 0.05) is 49.8 Å². The Balaban J connectivity index is 1.05. The molecule has 0 aliphatic carbocycles. The Morgan fingerprint density at radius 2 is 1.51 bits per heavy atom. The highest BCUT2D eigenvalue weighted by molar-refractivity contribution is 7.14. The number of allylic oxidation sites excluding steroid dienone is 1. The third-order valence-corrected chi connectivity index (χ3v) is 21.2. The number of cyclic esters (lactones) is 2. The number of hydrogen-bond donors (Lipinski definition) is 8. The molecule has 1 aromatic carbocycles. The van der Waals surface area contributed by atoms with Crippen molar-refractivity contribution >= 4 is 121 Å². The lowest BCUT2D eigenvalue weighted by Gasteiger charge is -2.48. The van der Waals surface area contributed by atoms with Crippen molar-refractivity contribution in [1.82, 2.24) is 66.1 Å². The highest BCUT2D eigenvalue weighted by atomic mass is 32.1. The van der Waals surface area contributed by atoms with E-state index in [0.717, 1.165) is 56.7 Å². The first-order valence-electron chi connectivity index (χ1n) is 30.4. The average Bonchev–Trinajstić information content (AvgIpc) is 1.56. The second-order valence-electron chi connectivity index (χ2n) is 23.7. The van der Waals surface area contributed by atoms with Gasteiger partial charge in [0.2, 0.25) is 5.91 Å². The maximum atomic E-state index is 15.3. The average molecular weight is 1470 g/mol. The molecule has 6 amide bonds. The van der Waals surface area contributed by atoms with Crippen LogP contribution in [0.4, 0.5) is 0 Å². The molecule has 1 saturated heterocycles. The Hall–Kier alpha value is -9.54. The van der Waals surface area contributed by atoms with Crippen LogP contribution in [0, 0.1) is 0 Å². The number of hydrogen-bond acceptors (Lipinski definition) is 30. The van der Waals surface area contributed by atoms with E-state index in [4.69, 9.17) is 58.7 Å². The molecule has 12 bridgehead atoms. The van der Waals surface area contributed by atoms with E-state index in [1.54, 1.807) is 62.5 Å². The number of methoxy groups -OCH3 is 2. The number of thiazole rings is 5. The highest BCUT2D eigenvalue weighted by Gasteiger charge is 2.50. The number of esters is 2. The molecule has 524 valence electrons. The van der Waals surface area contributed by atoms with Gasteiger partial charge >= 0.3 is 11.9 Å². The van der Waals surface area contributed by atoms with Gasteiger partial charge in [0.25, 0.3) is 29.5 Å². The molecule has 32 nitrogen and oxygen atoms in total. The molecular weight excluding hydrogens is 1400 g/mol. The van der Waals surface area contributed by atoms with Gasteiger partial charge in [0.15, 0.2) is 18.1 Å². The molecule has 9 N–H and O–H groups in total. The van der Waals surface area contributed by atoms with Gasteiger partial charge in [-0.1, -0.05) is 18.7 Å². The number of benzene rings is 1. The molecule has 4 aliphatic rings. The minimum Gasteiger partial charge on any atom is -0.499 e. The van der Waals surface area contributed by atoms with E-state index in [0.29, 0.717) is 16.5 Å². The van der Waals surface area contributed by atoms with Crippen LogP contribution >= 0.6 is 56.7 Å². The van der Waals surface area contributed by atoms with Crippen molar-refractivity contribution in [2.24, 2.45) is 5.73 Å². The predicted octanol–water partition coefficient (Wildman–Crippen LogP) is 4.02. The summed E-state index contributed by atoms with van der Waals surface area (Å²) in [4.78, 5) is 151. The van der Waals surface area contributed by atoms with Crippen molar-refractivity contribution in [2.75, 3.05) is 42.0 Å². The van der Waals surface area contributed by atoms with Crippen LogP contribution in [0.25, 0.3) is 49.3 Å². The number of nitrogens with zero attached hydrogens (tertiary/aromatic N) is 8.